The second-order valence-electron chi connectivity index (χ2n) is 8.08. The number of nitrogens with zero attached hydrogens (tertiary/aromatic N) is 1. The van der Waals surface area contributed by atoms with Gasteiger partial charge in [0.2, 0.25) is 0 Å². The van der Waals surface area contributed by atoms with Crippen LogP contribution in [0.1, 0.15) is 52.9 Å². The van der Waals surface area contributed by atoms with E-state index in [4.69, 9.17) is 15.1 Å². The van der Waals surface area contributed by atoms with Crippen LogP contribution in [0.15, 0.2) is 12.2 Å². The second kappa shape index (κ2) is 11.0. The number of nitriles is 1. The molecule has 1 aliphatic carbocycles. The van der Waals surface area contributed by atoms with Crippen molar-refractivity contribution in [3.8, 4) is 6.07 Å². The third-order valence-electron chi connectivity index (χ3n) is 6.56. The van der Waals surface area contributed by atoms with Gasteiger partial charge in [-0.2, -0.15) is 5.26 Å². The van der Waals surface area contributed by atoms with E-state index in [1.165, 1.54) is 12.8 Å². The van der Waals surface area contributed by atoms with E-state index in [1.807, 2.05) is 6.07 Å². The summed E-state index contributed by atoms with van der Waals surface area (Å²) >= 11 is 0. The van der Waals surface area contributed by atoms with Crippen molar-refractivity contribution in [2.45, 2.75) is 71.2 Å². The zero-order chi connectivity index (χ0) is 19.9. The number of fused-ring (bicyclic) bond motifs is 1. The summed E-state index contributed by atoms with van der Waals surface area (Å²) in [6.07, 6.45) is 3.58. The molecule has 0 aromatic rings. The fourth-order valence-corrected chi connectivity index (χ4v) is 4.75. The number of aliphatic hydroxyl groups excluding tert-OH is 3. The van der Waals surface area contributed by atoms with Crippen LogP contribution in [-0.2, 0) is 4.74 Å². The van der Waals surface area contributed by atoms with Crippen LogP contribution in [-0.4, -0.2) is 47.3 Å². The summed E-state index contributed by atoms with van der Waals surface area (Å²) in [6, 6.07) is 1.88. The van der Waals surface area contributed by atoms with Crippen molar-refractivity contribution in [2.75, 3.05) is 13.7 Å². The first kappa shape index (κ1) is 23.1. The highest BCUT2D eigenvalue weighted by Gasteiger charge is 2.42. The molecule has 0 radical (unpaired) electrons. The molecule has 2 rings (SSSR count). The van der Waals surface area contributed by atoms with Gasteiger partial charge in [0.25, 0.3) is 0 Å². The summed E-state index contributed by atoms with van der Waals surface area (Å²) in [7, 11) is 1.00. The molecular formula is C21H37NO4. The molecule has 8 atom stereocenters. The fourth-order valence-electron chi connectivity index (χ4n) is 4.75. The van der Waals surface area contributed by atoms with E-state index >= 15 is 0 Å². The van der Waals surface area contributed by atoms with Crippen LogP contribution in [0.25, 0.3) is 0 Å². The predicted molar refractivity (Wildman–Crippen MR) is 102 cm³/mol. The topological polar surface area (TPSA) is 93.7 Å². The quantitative estimate of drug-likeness (QED) is 0.650. The Morgan fingerprint density at radius 3 is 2.42 bits per heavy atom. The molecule has 1 saturated carbocycles. The Hall–Kier alpha value is -0.930. The Bertz CT molecular complexity index is 475. The van der Waals surface area contributed by atoms with E-state index in [9.17, 15) is 10.2 Å². The van der Waals surface area contributed by atoms with Crippen LogP contribution in [0, 0.1) is 40.9 Å². The molecule has 0 spiro atoms. The molecule has 0 aromatic carbocycles. The van der Waals surface area contributed by atoms with Gasteiger partial charge in [0.15, 0.2) is 0 Å². The Balaban J connectivity index is 0.00000163. The maximum atomic E-state index is 10.6. The fraction of sp³-hybridized carbons (Fsp3) is 0.857. The van der Waals surface area contributed by atoms with Crippen molar-refractivity contribution in [1.29, 1.82) is 5.26 Å². The van der Waals surface area contributed by atoms with Crippen molar-refractivity contribution in [3.63, 3.8) is 0 Å². The maximum absolute atomic E-state index is 10.6. The Morgan fingerprint density at radius 1 is 1.15 bits per heavy atom. The Kier molecular flexibility index (Phi) is 9.81. The van der Waals surface area contributed by atoms with E-state index in [-0.39, 0.29) is 17.9 Å². The molecule has 1 saturated heterocycles. The first-order valence-electron chi connectivity index (χ1n) is 9.86. The third kappa shape index (κ3) is 5.79. The van der Waals surface area contributed by atoms with Crippen LogP contribution < -0.4 is 0 Å². The van der Waals surface area contributed by atoms with Crippen molar-refractivity contribution in [1.82, 2.24) is 0 Å². The first-order valence-corrected chi connectivity index (χ1v) is 9.86. The van der Waals surface area contributed by atoms with Gasteiger partial charge < -0.3 is 20.1 Å². The standard InChI is InChI=1S/C20H33NO3.CH4O/c1-12-5-7-17(18-11-24-14(3)6-8-16(12)18)15(4)20(23)9-19(22)13(2)10-21;1-2/h12,14-20,22-23H,2,5-9,11H2,1,3-4H3;2H,1H3/t12-,14?,15?,16?,17?,18?,19-,20?;/m1./s1. The van der Waals surface area contributed by atoms with Crippen molar-refractivity contribution in [3.05, 3.63) is 12.2 Å². The van der Waals surface area contributed by atoms with E-state index in [0.717, 1.165) is 26.6 Å². The van der Waals surface area contributed by atoms with E-state index in [2.05, 4.69) is 27.4 Å². The highest BCUT2D eigenvalue weighted by molar-refractivity contribution is 5.20. The van der Waals surface area contributed by atoms with Crippen LogP contribution in [0.4, 0.5) is 0 Å². The van der Waals surface area contributed by atoms with Crippen molar-refractivity contribution >= 4 is 0 Å². The normalized spacial score (nSPS) is 34.8. The molecule has 2 aliphatic rings. The lowest BCUT2D eigenvalue weighted by Crippen LogP contribution is -2.42. The molecule has 3 N–H and O–H groups in total. The van der Waals surface area contributed by atoms with Crippen LogP contribution in [0.3, 0.4) is 0 Å². The highest BCUT2D eigenvalue weighted by atomic mass is 16.5. The maximum Gasteiger partial charge on any atom is 0.0968 e. The predicted octanol–water partition coefficient (Wildman–Crippen LogP) is 2.90. The lowest BCUT2D eigenvalue weighted by atomic mass is 9.62. The number of hydrogen-bond acceptors (Lipinski definition) is 5. The SMILES string of the molecule is C=C(C#N)[C@H](O)CC(O)C(C)C1CC[C@@H](C)C2CCC(C)OCC12.CO. The molecule has 2 fully saturated rings. The summed E-state index contributed by atoms with van der Waals surface area (Å²) in [6.45, 7) is 10.9. The first-order chi connectivity index (χ1) is 12.3. The molecule has 26 heavy (non-hydrogen) atoms. The minimum Gasteiger partial charge on any atom is -0.400 e. The molecule has 6 unspecified atom stereocenters. The molecule has 150 valence electrons. The minimum atomic E-state index is -0.948. The Labute approximate surface area is 158 Å². The minimum absolute atomic E-state index is 0.0862. The second-order valence-corrected chi connectivity index (χ2v) is 8.08. The number of ether oxygens (including phenoxy) is 1. The summed E-state index contributed by atoms with van der Waals surface area (Å²) in [5.74, 6) is 2.37. The number of aliphatic hydroxyl groups is 3. The molecule has 1 aliphatic heterocycles. The van der Waals surface area contributed by atoms with Gasteiger partial charge in [0.05, 0.1) is 36.6 Å². The van der Waals surface area contributed by atoms with Gasteiger partial charge in [-0.1, -0.05) is 26.8 Å². The van der Waals surface area contributed by atoms with E-state index < -0.39 is 12.2 Å². The number of hydrogen-bond donors (Lipinski definition) is 3. The molecule has 5 nitrogen and oxygen atoms in total. The molecule has 1 heterocycles. The molecular weight excluding hydrogens is 330 g/mol. The van der Waals surface area contributed by atoms with Gasteiger partial charge in [-0.25, -0.2) is 0 Å². The van der Waals surface area contributed by atoms with E-state index in [1.54, 1.807) is 0 Å². The molecule has 5 heteroatoms. The van der Waals surface area contributed by atoms with E-state index in [0.29, 0.717) is 29.8 Å². The van der Waals surface area contributed by atoms with Crippen LogP contribution >= 0.6 is 0 Å². The third-order valence-corrected chi connectivity index (χ3v) is 6.56. The van der Waals surface area contributed by atoms with Crippen molar-refractivity contribution in [2.24, 2.45) is 29.6 Å². The lowest BCUT2D eigenvalue weighted by molar-refractivity contribution is -0.0411. The van der Waals surface area contributed by atoms with Gasteiger partial charge >= 0.3 is 0 Å². The number of rotatable bonds is 5. The smallest absolute Gasteiger partial charge is 0.0968 e. The van der Waals surface area contributed by atoms with Gasteiger partial charge in [0.1, 0.15) is 0 Å². The largest absolute Gasteiger partial charge is 0.400 e. The monoisotopic (exact) mass is 367 g/mol. The Morgan fingerprint density at radius 2 is 1.81 bits per heavy atom. The van der Waals surface area contributed by atoms with Gasteiger partial charge in [0, 0.05) is 13.5 Å². The van der Waals surface area contributed by atoms with Gasteiger partial charge in [-0.3, -0.25) is 0 Å². The van der Waals surface area contributed by atoms with Crippen molar-refractivity contribution < 1.29 is 20.1 Å². The summed E-state index contributed by atoms with van der Waals surface area (Å²) in [4.78, 5) is 0. The summed E-state index contributed by atoms with van der Waals surface area (Å²) in [5, 5.41) is 36.4. The van der Waals surface area contributed by atoms with Gasteiger partial charge in [-0.05, 0) is 55.8 Å². The molecule has 0 bridgehead atoms. The highest BCUT2D eigenvalue weighted by Crippen LogP contribution is 2.47. The molecule has 0 aromatic heterocycles. The molecule has 0 amide bonds. The van der Waals surface area contributed by atoms with Crippen LogP contribution in [0.5, 0.6) is 0 Å². The summed E-state index contributed by atoms with van der Waals surface area (Å²) < 4.78 is 6.03. The zero-order valence-electron chi connectivity index (χ0n) is 16.8. The van der Waals surface area contributed by atoms with Gasteiger partial charge in [-0.15, -0.1) is 0 Å². The lowest BCUT2D eigenvalue weighted by Gasteiger charge is -2.44. The summed E-state index contributed by atoms with van der Waals surface area (Å²) in [5.41, 5.74) is 0.128. The average Bonchev–Trinajstić information content (AvgIpc) is 2.85. The van der Waals surface area contributed by atoms with Crippen LogP contribution in [0.2, 0.25) is 0 Å². The average molecular weight is 368 g/mol. The zero-order valence-corrected chi connectivity index (χ0v) is 16.8.